The van der Waals surface area contributed by atoms with Gasteiger partial charge in [-0.25, -0.2) is 13.2 Å². The summed E-state index contributed by atoms with van der Waals surface area (Å²) in [6.07, 6.45) is 0.339. The van der Waals surface area contributed by atoms with Gasteiger partial charge in [-0.1, -0.05) is 30.1 Å². The Bertz CT molecular complexity index is 598. The molecule has 0 aliphatic heterocycles. The second-order valence-electron chi connectivity index (χ2n) is 3.83. The first-order valence-electron chi connectivity index (χ1n) is 5.31. The topological polar surface area (TPSA) is 60.4 Å². The second-order valence-corrected chi connectivity index (χ2v) is 7.15. The van der Waals surface area contributed by atoms with Crippen LogP contribution in [0.15, 0.2) is 17.0 Å². The quantitative estimate of drug-likeness (QED) is 0.614. The van der Waals surface area contributed by atoms with Crippen LogP contribution < -0.4 is 0 Å². The van der Waals surface area contributed by atoms with Crippen LogP contribution in [0.25, 0.3) is 0 Å². The summed E-state index contributed by atoms with van der Waals surface area (Å²) in [6, 6.07) is 2.28. The zero-order valence-electron chi connectivity index (χ0n) is 10.1. The van der Waals surface area contributed by atoms with Crippen LogP contribution in [0.1, 0.15) is 30.6 Å². The van der Waals surface area contributed by atoms with Crippen molar-refractivity contribution < 1.29 is 17.9 Å². The van der Waals surface area contributed by atoms with Gasteiger partial charge in [0.15, 0.2) is 0 Å². The number of hydrogen-bond donors (Lipinski definition) is 0. The number of carbonyl (C=O) groups is 1. The first-order chi connectivity index (χ1) is 8.66. The van der Waals surface area contributed by atoms with Crippen LogP contribution in [0.5, 0.6) is 0 Å². The van der Waals surface area contributed by atoms with E-state index in [0.717, 1.165) is 6.07 Å². The highest BCUT2D eigenvalue weighted by molar-refractivity contribution is 8.13. The van der Waals surface area contributed by atoms with Crippen molar-refractivity contribution in [3.05, 3.63) is 27.7 Å². The summed E-state index contributed by atoms with van der Waals surface area (Å²) in [6.45, 7) is 3.57. The lowest BCUT2D eigenvalue weighted by Crippen LogP contribution is -2.14. The molecule has 1 rings (SSSR count). The second kappa shape index (κ2) is 6.31. The molecule has 19 heavy (non-hydrogen) atoms. The van der Waals surface area contributed by atoms with Gasteiger partial charge in [0, 0.05) is 10.7 Å². The summed E-state index contributed by atoms with van der Waals surface area (Å²) in [5.74, 6) is -0.686. The van der Waals surface area contributed by atoms with Crippen molar-refractivity contribution in [3.8, 4) is 0 Å². The van der Waals surface area contributed by atoms with E-state index in [1.807, 2.05) is 6.92 Å². The third-order valence-corrected chi connectivity index (χ3v) is 4.64. The van der Waals surface area contributed by atoms with Crippen LogP contribution in [0, 0.1) is 0 Å². The fourth-order valence-corrected chi connectivity index (χ4v) is 2.96. The van der Waals surface area contributed by atoms with Crippen LogP contribution >= 0.6 is 33.9 Å². The van der Waals surface area contributed by atoms with E-state index < -0.39 is 19.9 Å². The number of esters is 1. The van der Waals surface area contributed by atoms with Crippen molar-refractivity contribution in [2.75, 3.05) is 0 Å². The molecule has 0 aliphatic rings. The van der Waals surface area contributed by atoms with Gasteiger partial charge >= 0.3 is 5.97 Å². The third-order valence-electron chi connectivity index (χ3n) is 2.38. The van der Waals surface area contributed by atoms with Crippen LogP contribution in [0.2, 0.25) is 10.0 Å². The lowest BCUT2D eigenvalue weighted by atomic mass is 10.2. The largest absolute Gasteiger partial charge is 0.459 e. The number of ether oxygens (including phenoxy) is 1. The van der Waals surface area contributed by atoms with Crippen LogP contribution in [0.3, 0.4) is 0 Å². The minimum absolute atomic E-state index is 0.0195. The Morgan fingerprint density at radius 1 is 1.37 bits per heavy atom. The summed E-state index contributed by atoms with van der Waals surface area (Å²) in [7, 11) is 1.12. The first kappa shape index (κ1) is 16.6. The van der Waals surface area contributed by atoms with Gasteiger partial charge in [0.25, 0.3) is 9.05 Å². The molecule has 0 saturated heterocycles. The molecule has 0 fully saturated rings. The van der Waals surface area contributed by atoms with Crippen molar-refractivity contribution in [2.45, 2.75) is 31.3 Å². The molecule has 4 nitrogen and oxygen atoms in total. The summed E-state index contributed by atoms with van der Waals surface area (Å²) < 4.78 is 27.7. The highest BCUT2D eigenvalue weighted by Crippen LogP contribution is 2.33. The van der Waals surface area contributed by atoms with Gasteiger partial charge in [0.05, 0.1) is 21.7 Å². The molecule has 0 amide bonds. The Hall–Kier alpha value is -0.490. The van der Waals surface area contributed by atoms with E-state index in [1.54, 1.807) is 6.92 Å². The highest BCUT2D eigenvalue weighted by Gasteiger charge is 2.22. The molecule has 0 aromatic heterocycles. The Balaban J connectivity index is 3.25. The monoisotopic (exact) mass is 344 g/mol. The predicted molar refractivity (Wildman–Crippen MR) is 74.7 cm³/mol. The molecule has 0 spiro atoms. The summed E-state index contributed by atoms with van der Waals surface area (Å²) in [4.78, 5) is 11.4. The van der Waals surface area contributed by atoms with E-state index >= 15 is 0 Å². The third kappa shape index (κ3) is 4.24. The molecule has 1 aromatic carbocycles. The molecule has 0 aliphatic carbocycles. The Labute approximate surface area is 126 Å². The maximum Gasteiger partial charge on any atom is 0.338 e. The van der Waals surface area contributed by atoms with E-state index in [4.69, 9.17) is 38.6 Å². The number of carbonyl (C=O) groups excluding carboxylic acids is 1. The standard InChI is InChI=1S/C11H11Cl3O4S/c1-3-6(2)18-11(15)7-4-8(12)10(13)9(5-7)19(14,16)17/h4-6H,3H2,1-2H3. The molecule has 8 heteroatoms. The van der Waals surface area contributed by atoms with E-state index in [-0.39, 0.29) is 21.7 Å². The van der Waals surface area contributed by atoms with Gasteiger partial charge in [-0.15, -0.1) is 0 Å². The average Bonchev–Trinajstić information content (AvgIpc) is 2.30. The van der Waals surface area contributed by atoms with Crippen molar-refractivity contribution in [3.63, 3.8) is 0 Å². The summed E-state index contributed by atoms with van der Waals surface area (Å²) in [5.41, 5.74) is -0.0195. The summed E-state index contributed by atoms with van der Waals surface area (Å²) >= 11 is 11.5. The maximum absolute atomic E-state index is 11.8. The smallest absolute Gasteiger partial charge is 0.338 e. The number of hydrogen-bond acceptors (Lipinski definition) is 4. The zero-order chi connectivity index (χ0) is 14.8. The molecule has 0 saturated carbocycles. The van der Waals surface area contributed by atoms with Crippen molar-refractivity contribution in [1.29, 1.82) is 0 Å². The average molecular weight is 346 g/mol. The molecule has 0 N–H and O–H groups in total. The lowest BCUT2D eigenvalue weighted by molar-refractivity contribution is 0.0334. The summed E-state index contributed by atoms with van der Waals surface area (Å²) in [5, 5.41) is -0.309. The van der Waals surface area contributed by atoms with Crippen LogP contribution in [0.4, 0.5) is 0 Å². The molecule has 0 bridgehead atoms. The Morgan fingerprint density at radius 2 is 1.95 bits per heavy atom. The SMILES string of the molecule is CCC(C)OC(=O)c1cc(Cl)c(Cl)c(S(=O)(=O)Cl)c1. The molecule has 1 unspecified atom stereocenters. The Morgan fingerprint density at radius 3 is 2.42 bits per heavy atom. The van der Waals surface area contributed by atoms with Crippen molar-refractivity contribution in [2.24, 2.45) is 0 Å². The number of rotatable bonds is 4. The maximum atomic E-state index is 11.8. The minimum Gasteiger partial charge on any atom is -0.459 e. The van der Waals surface area contributed by atoms with Crippen molar-refractivity contribution >= 4 is 48.9 Å². The van der Waals surface area contributed by atoms with E-state index in [9.17, 15) is 13.2 Å². The molecular weight excluding hydrogens is 335 g/mol. The van der Waals surface area contributed by atoms with Crippen molar-refractivity contribution in [1.82, 2.24) is 0 Å². The van der Waals surface area contributed by atoms with Crippen LogP contribution in [-0.4, -0.2) is 20.5 Å². The van der Waals surface area contributed by atoms with Gasteiger partial charge in [0.1, 0.15) is 4.90 Å². The van der Waals surface area contributed by atoms with E-state index in [2.05, 4.69) is 0 Å². The van der Waals surface area contributed by atoms with Crippen LogP contribution in [-0.2, 0) is 13.8 Å². The molecule has 106 valence electrons. The van der Waals surface area contributed by atoms with Gasteiger partial charge in [0.2, 0.25) is 0 Å². The zero-order valence-corrected chi connectivity index (χ0v) is 13.2. The van der Waals surface area contributed by atoms with Gasteiger partial charge < -0.3 is 4.74 Å². The first-order valence-corrected chi connectivity index (χ1v) is 8.38. The molecular formula is C11H11Cl3O4S. The van der Waals surface area contributed by atoms with Gasteiger partial charge in [-0.05, 0) is 25.5 Å². The molecule has 1 atom stereocenters. The molecule has 0 heterocycles. The fraction of sp³-hybridized carbons (Fsp3) is 0.364. The predicted octanol–water partition coefficient (Wildman–Crippen LogP) is 3.88. The fourth-order valence-electron chi connectivity index (χ4n) is 1.19. The number of halogens is 3. The Kier molecular flexibility index (Phi) is 5.50. The molecule has 0 radical (unpaired) electrons. The minimum atomic E-state index is -4.10. The number of benzene rings is 1. The lowest BCUT2D eigenvalue weighted by Gasteiger charge is -2.12. The van der Waals surface area contributed by atoms with E-state index in [0.29, 0.717) is 6.42 Å². The van der Waals surface area contributed by atoms with Gasteiger partial charge in [-0.3, -0.25) is 0 Å². The normalized spacial score (nSPS) is 13.1. The highest BCUT2D eigenvalue weighted by atomic mass is 35.7. The molecule has 1 aromatic rings. The van der Waals surface area contributed by atoms with Gasteiger partial charge in [-0.2, -0.15) is 0 Å². The van der Waals surface area contributed by atoms with E-state index in [1.165, 1.54) is 6.07 Å².